The molecule has 4 N–H and O–H groups in total. The number of anilines is 1. The first-order valence-electron chi connectivity index (χ1n) is 5.16. The lowest BCUT2D eigenvalue weighted by Crippen LogP contribution is -2.26. The van der Waals surface area contributed by atoms with E-state index in [1.807, 2.05) is 0 Å². The Hall–Kier alpha value is -1.81. The van der Waals surface area contributed by atoms with E-state index in [-0.39, 0.29) is 5.69 Å². The molecular formula is C10H11F3N2O4S. The van der Waals surface area contributed by atoms with E-state index in [9.17, 15) is 26.4 Å². The van der Waals surface area contributed by atoms with Gasteiger partial charge in [0.1, 0.15) is 6.04 Å². The van der Waals surface area contributed by atoms with Gasteiger partial charge in [-0.1, -0.05) is 0 Å². The summed E-state index contributed by atoms with van der Waals surface area (Å²) < 4.78 is 60.6. The standard InChI is InChI=1S/C10H11F3N2O4S/c1-5(9(16)17)15-6-2-3-8(20(14,18)19)7(4-6)10(11,12)13/h2-5,15H,1H3,(H,16,17)(H2,14,18,19)/t5-/m1/s1. The van der Waals surface area contributed by atoms with E-state index in [0.717, 1.165) is 6.07 Å². The van der Waals surface area contributed by atoms with Gasteiger partial charge in [0.15, 0.2) is 0 Å². The molecule has 0 saturated carbocycles. The Morgan fingerprint density at radius 1 is 1.40 bits per heavy atom. The van der Waals surface area contributed by atoms with Crippen molar-refractivity contribution in [3.05, 3.63) is 23.8 Å². The molecule has 1 aromatic rings. The highest BCUT2D eigenvalue weighted by Crippen LogP contribution is 2.35. The largest absolute Gasteiger partial charge is 0.480 e. The minimum Gasteiger partial charge on any atom is -0.480 e. The van der Waals surface area contributed by atoms with Crippen LogP contribution < -0.4 is 10.5 Å². The van der Waals surface area contributed by atoms with Gasteiger partial charge in [0.2, 0.25) is 10.0 Å². The Bertz CT molecular complexity index is 628. The zero-order valence-corrected chi connectivity index (χ0v) is 10.9. The number of carboxylic acids is 1. The van der Waals surface area contributed by atoms with E-state index < -0.39 is 38.7 Å². The van der Waals surface area contributed by atoms with Crippen LogP contribution in [0.1, 0.15) is 12.5 Å². The number of halogens is 3. The monoisotopic (exact) mass is 312 g/mol. The van der Waals surface area contributed by atoms with Gasteiger partial charge in [-0.05, 0) is 25.1 Å². The van der Waals surface area contributed by atoms with Crippen molar-refractivity contribution in [2.75, 3.05) is 5.32 Å². The molecule has 112 valence electrons. The number of primary sulfonamides is 1. The van der Waals surface area contributed by atoms with E-state index in [4.69, 9.17) is 10.2 Å². The first kappa shape index (κ1) is 16.2. The predicted octanol–water partition coefficient (Wildman–Crippen LogP) is 1.24. The summed E-state index contributed by atoms with van der Waals surface area (Å²) in [7, 11) is -4.54. The number of nitrogens with two attached hydrogens (primary N) is 1. The van der Waals surface area contributed by atoms with Crippen LogP contribution in [0.5, 0.6) is 0 Å². The smallest absolute Gasteiger partial charge is 0.417 e. The minimum absolute atomic E-state index is 0.181. The molecule has 0 amide bonds. The molecule has 0 aliphatic heterocycles. The molecule has 0 saturated heterocycles. The SMILES string of the molecule is C[C@@H](Nc1ccc(S(N)(=O)=O)c(C(F)(F)F)c1)C(=O)O. The van der Waals surface area contributed by atoms with Gasteiger partial charge in [-0.2, -0.15) is 13.2 Å². The van der Waals surface area contributed by atoms with Crippen LogP contribution in [0.25, 0.3) is 0 Å². The fourth-order valence-electron chi connectivity index (χ4n) is 1.40. The zero-order chi connectivity index (χ0) is 15.7. The fraction of sp³-hybridized carbons (Fsp3) is 0.300. The summed E-state index contributed by atoms with van der Waals surface area (Å²) >= 11 is 0. The average Bonchev–Trinajstić information content (AvgIpc) is 2.26. The Kier molecular flexibility index (Phi) is 4.30. The second kappa shape index (κ2) is 5.29. The van der Waals surface area contributed by atoms with Crippen molar-refractivity contribution < 1.29 is 31.5 Å². The number of nitrogens with one attached hydrogen (secondary N) is 1. The molecule has 0 heterocycles. The molecule has 0 bridgehead atoms. The summed E-state index contributed by atoms with van der Waals surface area (Å²) in [4.78, 5) is 9.54. The number of sulfonamides is 1. The molecule has 0 unspecified atom stereocenters. The average molecular weight is 312 g/mol. The van der Waals surface area contributed by atoms with Crippen LogP contribution in [-0.4, -0.2) is 25.5 Å². The van der Waals surface area contributed by atoms with Gasteiger partial charge in [0.25, 0.3) is 0 Å². The van der Waals surface area contributed by atoms with E-state index in [0.29, 0.717) is 12.1 Å². The Labute approximate surface area is 112 Å². The third-order valence-corrected chi connectivity index (χ3v) is 3.31. The number of hydrogen-bond acceptors (Lipinski definition) is 4. The Morgan fingerprint density at radius 2 is 1.95 bits per heavy atom. The maximum absolute atomic E-state index is 12.8. The van der Waals surface area contributed by atoms with Crippen molar-refractivity contribution in [1.82, 2.24) is 0 Å². The lowest BCUT2D eigenvalue weighted by molar-refractivity contribution is -0.140. The van der Waals surface area contributed by atoms with Gasteiger partial charge < -0.3 is 10.4 Å². The fourth-order valence-corrected chi connectivity index (χ4v) is 2.14. The van der Waals surface area contributed by atoms with Crippen molar-refractivity contribution in [2.24, 2.45) is 5.14 Å². The Balaban J connectivity index is 3.33. The van der Waals surface area contributed by atoms with Gasteiger partial charge in [-0.25, -0.2) is 13.6 Å². The quantitative estimate of drug-likeness (QED) is 0.775. The minimum atomic E-state index is -4.94. The number of aliphatic carboxylic acids is 1. The molecule has 0 aliphatic carbocycles. The molecule has 0 aromatic heterocycles. The molecule has 6 nitrogen and oxygen atoms in total. The Morgan fingerprint density at radius 3 is 2.35 bits per heavy atom. The molecule has 10 heteroatoms. The number of hydrogen-bond donors (Lipinski definition) is 3. The molecule has 1 atom stereocenters. The molecule has 0 radical (unpaired) electrons. The molecule has 0 aliphatic rings. The van der Waals surface area contributed by atoms with Crippen LogP contribution in [0.15, 0.2) is 23.1 Å². The number of benzene rings is 1. The highest BCUT2D eigenvalue weighted by molar-refractivity contribution is 7.89. The molecule has 20 heavy (non-hydrogen) atoms. The van der Waals surface area contributed by atoms with Gasteiger partial charge in [0, 0.05) is 5.69 Å². The van der Waals surface area contributed by atoms with Crippen molar-refractivity contribution >= 4 is 21.7 Å². The van der Waals surface area contributed by atoms with Crippen molar-refractivity contribution in [3.8, 4) is 0 Å². The summed E-state index contributed by atoms with van der Waals surface area (Å²) in [6, 6.07) is 1.04. The van der Waals surface area contributed by atoms with Crippen molar-refractivity contribution in [2.45, 2.75) is 24.0 Å². The third-order valence-electron chi connectivity index (χ3n) is 2.35. The van der Waals surface area contributed by atoms with E-state index in [1.165, 1.54) is 6.92 Å². The summed E-state index contributed by atoms with van der Waals surface area (Å²) in [5.41, 5.74) is -1.64. The highest BCUT2D eigenvalue weighted by Gasteiger charge is 2.36. The van der Waals surface area contributed by atoms with Crippen molar-refractivity contribution in [3.63, 3.8) is 0 Å². The van der Waals surface area contributed by atoms with Gasteiger partial charge >= 0.3 is 12.1 Å². The first-order valence-corrected chi connectivity index (χ1v) is 6.71. The predicted molar refractivity (Wildman–Crippen MR) is 63.5 cm³/mol. The maximum Gasteiger partial charge on any atom is 0.417 e. The second-order valence-corrected chi connectivity index (χ2v) is 5.49. The second-order valence-electron chi connectivity index (χ2n) is 3.96. The van der Waals surface area contributed by atoms with Crippen LogP contribution in [0.3, 0.4) is 0 Å². The molecule has 0 fully saturated rings. The van der Waals surface area contributed by atoms with E-state index in [1.54, 1.807) is 0 Å². The summed E-state index contributed by atoms with van der Waals surface area (Å²) in [5, 5.41) is 15.7. The van der Waals surface area contributed by atoms with E-state index in [2.05, 4.69) is 5.32 Å². The van der Waals surface area contributed by atoms with Gasteiger partial charge in [-0.3, -0.25) is 4.79 Å². The molecule has 1 rings (SSSR count). The molecule has 0 spiro atoms. The van der Waals surface area contributed by atoms with Gasteiger partial charge in [-0.15, -0.1) is 0 Å². The molecular weight excluding hydrogens is 301 g/mol. The summed E-state index contributed by atoms with van der Waals surface area (Å²) in [5.74, 6) is -1.27. The normalized spacial score (nSPS) is 13.8. The lowest BCUT2D eigenvalue weighted by atomic mass is 10.2. The highest BCUT2D eigenvalue weighted by atomic mass is 32.2. The van der Waals surface area contributed by atoms with E-state index >= 15 is 0 Å². The number of carbonyl (C=O) groups is 1. The van der Waals surface area contributed by atoms with Gasteiger partial charge in [0.05, 0.1) is 10.5 Å². The first-order chi connectivity index (χ1) is 8.93. The number of rotatable bonds is 4. The number of carboxylic acid groups (broad SMARTS) is 1. The van der Waals surface area contributed by atoms with Crippen molar-refractivity contribution in [1.29, 1.82) is 0 Å². The van der Waals surface area contributed by atoms with Crippen LogP contribution in [0.2, 0.25) is 0 Å². The van der Waals surface area contributed by atoms with Crippen LogP contribution in [0, 0.1) is 0 Å². The summed E-state index contributed by atoms with van der Waals surface area (Å²) in [6.07, 6.45) is -4.94. The van der Waals surface area contributed by atoms with Crippen LogP contribution in [-0.2, 0) is 21.0 Å². The summed E-state index contributed by atoms with van der Waals surface area (Å²) in [6.45, 7) is 1.23. The third kappa shape index (κ3) is 3.84. The van der Waals surface area contributed by atoms with Crippen LogP contribution in [0.4, 0.5) is 18.9 Å². The number of alkyl halides is 3. The molecule has 1 aromatic carbocycles. The van der Waals surface area contributed by atoms with Crippen LogP contribution >= 0.6 is 0 Å². The maximum atomic E-state index is 12.8. The zero-order valence-electron chi connectivity index (χ0n) is 10.1. The lowest BCUT2D eigenvalue weighted by Gasteiger charge is -2.15. The topological polar surface area (TPSA) is 109 Å².